The molecule has 1 fully saturated rings. The molecule has 20 heavy (non-hydrogen) atoms. The highest BCUT2D eigenvalue weighted by Crippen LogP contribution is 2.43. The van der Waals surface area contributed by atoms with E-state index in [1.807, 2.05) is 30.3 Å². The van der Waals surface area contributed by atoms with Gasteiger partial charge in [0.15, 0.2) is 0 Å². The van der Waals surface area contributed by atoms with Gasteiger partial charge in [-0.05, 0) is 24.8 Å². The number of benzene rings is 1. The zero-order valence-corrected chi connectivity index (χ0v) is 12.6. The molecule has 0 heterocycles. The molecular formula is C15H21NO3S. The second kappa shape index (κ2) is 5.95. The number of hydrogen-bond acceptors (Lipinski definition) is 3. The minimum atomic E-state index is -2.95. The molecule has 1 aliphatic rings. The van der Waals surface area contributed by atoms with Gasteiger partial charge in [0.1, 0.15) is 9.84 Å². The van der Waals surface area contributed by atoms with E-state index >= 15 is 0 Å². The lowest BCUT2D eigenvalue weighted by molar-refractivity contribution is -0.129. The van der Waals surface area contributed by atoms with Crippen molar-refractivity contribution in [3.8, 4) is 0 Å². The van der Waals surface area contributed by atoms with Gasteiger partial charge in [-0.3, -0.25) is 4.79 Å². The molecule has 0 aliphatic heterocycles. The molecule has 2 rings (SSSR count). The molecule has 0 radical (unpaired) electrons. The van der Waals surface area contributed by atoms with Gasteiger partial charge in [0, 0.05) is 12.8 Å². The van der Waals surface area contributed by atoms with Crippen molar-refractivity contribution in [1.82, 2.24) is 5.32 Å². The third kappa shape index (κ3) is 3.39. The molecular weight excluding hydrogens is 274 g/mol. The van der Waals surface area contributed by atoms with Crippen LogP contribution in [-0.2, 0) is 20.0 Å². The molecule has 4 nitrogen and oxygen atoms in total. The van der Waals surface area contributed by atoms with E-state index in [9.17, 15) is 13.2 Å². The molecule has 1 aromatic carbocycles. The van der Waals surface area contributed by atoms with Crippen molar-refractivity contribution >= 4 is 15.7 Å². The van der Waals surface area contributed by atoms with Crippen molar-refractivity contribution in [1.29, 1.82) is 0 Å². The van der Waals surface area contributed by atoms with Crippen molar-refractivity contribution in [2.24, 2.45) is 0 Å². The fourth-order valence-electron chi connectivity index (χ4n) is 2.64. The molecule has 0 atom stereocenters. The lowest BCUT2D eigenvalue weighted by Crippen LogP contribution is -2.49. The molecule has 1 saturated carbocycles. The Balaban J connectivity index is 1.94. The first-order valence-electron chi connectivity index (χ1n) is 6.96. The number of rotatable bonds is 6. The van der Waals surface area contributed by atoms with Gasteiger partial charge in [-0.1, -0.05) is 36.8 Å². The first kappa shape index (κ1) is 15.0. The van der Waals surface area contributed by atoms with E-state index in [0.29, 0.717) is 13.0 Å². The van der Waals surface area contributed by atoms with Crippen molar-refractivity contribution in [2.45, 2.75) is 31.1 Å². The van der Waals surface area contributed by atoms with Crippen LogP contribution in [0.4, 0.5) is 0 Å². The highest BCUT2D eigenvalue weighted by molar-refractivity contribution is 7.90. The fourth-order valence-corrected chi connectivity index (χ4v) is 3.31. The van der Waals surface area contributed by atoms with E-state index < -0.39 is 15.3 Å². The van der Waals surface area contributed by atoms with Gasteiger partial charge < -0.3 is 5.32 Å². The molecule has 1 aromatic rings. The predicted octanol–water partition coefficient (Wildman–Crippen LogP) is 1.66. The Morgan fingerprint density at radius 3 is 2.40 bits per heavy atom. The Morgan fingerprint density at radius 1 is 1.25 bits per heavy atom. The van der Waals surface area contributed by atoms with Gasteiger partial charge in [0.05, 0.1) is 11.2 Å². The minimum Gasteiger partial charge on any atom is -0.355 e. The number of amides is 1. The predicted molar refractivity (Wildman–Crippen MR) is 79.3 cm³/mol. The van der Waals surface area contributed by atoms with Crippen molar-refractivity contribution in [2.75, 3.05) is 18.6 Å². The van der Waals surface area contributed by atoms with Gasteiger partial charge in [-0.25, -0.2) is 8.42 Å². The highest BCUT2D eigenvalue weighted by atomic mass is 32.2. The standard InChI is InChI=1S/C15H21NO3S/c1-20(18,19)12-6-11-16-14(17)15(9-5-10-15)13-7-3-2-4-8-13/h2-4,7-8H,5-6,9-12H2,1H3,(H,16,17). The summed E-state index contributed by atoms with van der Waals surface area (Å²) in [4.78, 5) is 12.4. The normalized spacial score (nSPS) is 17.2. The van der Waals surface area contributed by atoms with Crippen LogP contribution in [0.25, 0.3) is 0 Å². The Labute approximate surface area is 120 Å². The number of hydrogen-bond donors (Lipinski definition) is 1. The second-order valence-electron chi connectivity index (χ2n) is 5.54. The van der Waals surface area contributed by atoms with E-state index in [0.717, 1.165) is 24.8 Å². The molecule has 0 unspecified atom stereocenters. The van der Waals surface area contributed by atoms with Gasteiger partial charge >= 0.3 is 0 Å². The van der Waals surface area contributed by atoms with Gasteiger partial charge in [0.2, 0.25) is 5.91 Å². The second-order valence-corrected chi connectivity index (χ2v) is 7.80. The van der Waals surface area contributed by atoms with Crippen LogP contribution in [0, 0.1) is 0 Å². The molecule has 0 aromatic heterocycles. The van der Waals surface area contributed by atoms with E-state index in [1.165, 1.54) is 6.26 Å². The van der Waals surface area contributed by atoms with Crippen LogP contribution < -0.4 is 5.32 Å². The number of sulfone groups is 1. The monoisotopic (exact) mass is 295 g/mol. The van der Waals surface area contributed by atoms with E-state index in [1.54, 1.807) is 0 Å². The smallest absolute Gasteiger partial charge is 0.230 e. The number of carbonyl (C=O) groups excluding carboxylic acids is 1. The average Bonchev–Trinajstić information content (AvgIpc) is 2.33. The first-order chi connectivity index (χ1) is 9.44. The zero-order chi connectivity index (χ0) is 14.6. The van der Waals surface area contributed by atoms with E-state index in [-0.39, 0.29) is 11.7 Å². The summed E-state index contributed by atoms with van der Waals surface area (Å²) < 4.78 is 22.1. The molecule has 1 aliphatic carbocycles. The summed E-state index contributed by atoms with van der Waals surface area (Å²) in [5.74, 6) is 0.148. The Kier molecular flexibility index (Phi) is 4.48. The maximum Gasteiger partial charge on any atom is 0.230 e. The summed E-state index contributed by atoms with van der Waals surface area (Å²) in [7, 11) is -2.95. The third-order valence-corrected chi connectivity index (χ3v) is 4.98. The summed E-state index contributed by atoms with van der Waals surface area (Å²) in [6.07, 6.45) is 4.48. The number of carbonyl (C=O) groups is 1. The minimum absolute atomic E-state index is 0.0310. The highest BCUT2D eigenvalue weighted by Gasteiger charge is 2.45. The molecule has 1 N–H and O–H groups in total. The maximum atomic E-state index is 12.4. The maximum absolute atomic E-state index is 12.4. The van der Waals surface area contributed by atoms with Crippen molar-refractivity contribution in [3.63, 3.8) is 0 Å². The third-order valence-electron chi connectivity index (χ3n) is 3.95. The van der Waals surface area contributed by atoms with Crippen molar-refractivity contribution < 1.29 is 13.2 Å². The molecule has 0 spiro atoms. The summed E-state index contributed by atoms with van der Waals surface area (Å²) in [5, 5.41) is 2.89. The van der Waals surface area contributed by atoms with Gasteiger partial charge in [-0.15, -0.1) is 0 Å². The van der Waals surface area contributed by atoms with E-state index in [4.69, 9.17) is 0 Å². The molecule has 1 amide bonds. The Bertz CT molecular complexity index is 562. The Hall–Kier alpha value is -1.36. The van der Waals surface area contributed by atoms with Crippen LogP contribution in [0.5, 0.6) is 0 Å². The van der Waals surface area contributed by atoms with Crippen molar-refractivity contribution in [3.05, 3.63) is 35.9 Å². The zero-order valence-electron chi connectivity index (χ0n) is 11.8. The van der Waals surface area contributed by atoms with Crippen LogP contribution in [0.3, 0.4) is 0 Å². The Morgan fingerprint density at radius 2 is 1.90 bits per heavy atom. The molecule has 110 valence electrons. The molecule has 0 bridgehead atoms. The first-order valence-corrected chi connectivity index (χ1v) is 9.02. The van der Waals surface area contributed by atoms with Crippen LogP contribution in [-0.4, -0.2) is 32.9 Å². The fraction of sp³-hybridized carbons (Fsp3) is 0.533. The average molecular weight is 295 g/mol. The van der Waals surface area contributed by atoms with Crippen LogP contribution in [0.2, 0.25) is 0 Å². The summed E-state index contributed by atoms with van der Waals surface area (Å²) in [6, 6.07) is 9.84. The summed E-state index contributed by atoms with van der Waals surface area (Å²) >= 11 is 0. The molecule has 5 heteroatoms. The number of nitrogens with one attached hydrogen (secondary N) is 1. The summed E-state index contributed by atoms with van der Waals surface area (Å²) in [6.45, 7) is 0.417. The van der Waals surface area contributed by atoms with E-state index in [2.05, 4.69) is 5.32 Å². The van der Waals surface area contributed by atoms with Crippen LogP contribution in [0.15, 0.2) is 30.3 Å². The lowest BCUT2D eigenvalue weighted by atomic mass is 9.64. The lowest BCUT2D eigenvalue weighted by Gasteiger charge is -2.40. The van der Waals surface area contributed by atoms with Crippen LogP contribution >= 0.6 is 0 Å². The van der Waals surface area contributed by atoms with Gasteiger partial charge in [-0.2, -0.15) is 0 Å². The molecule has 0 saturated heterocycles. The largest absolute Gasteiger partial charge is 0.355 e. The topological polar surface area (TPSA) is 63.2 Å². The SMILES string of the molecule is CS(=O)(=O)CCCNC(=O)C1(c2ccccc2)CCC1. The van der Waals surface area contributed by atoms with Gasteiger partial charge in [0.25, 0.3) is 0 Å². The van der Waals surface area contributed by atoms with Crippen LogP contribution in [0.1, 0.15) is 31.2 Å². The quantitative estimate of drug-likeness (QED) is 0.812. The summed E-state index contributed by atoms with van der Waals surface area (Å²) in [5.41, 5.74) is 0.665.